The van der Waals surface area contributed by atoms with E-state index in [4.69, 9.17) is 4.74 Å². The van der Waals surface area contributed by atoms with Crippen LogP contribution in [0.2, 0.25) is 0 Å². The molecule has 0 aliphatic carbocycles. The fourth-order valence-electron chi connectivity index (χ4n) is 3.53. The highest BCUT2D eigenvalue weighted by molar-refractivity contribution is 14.0. The van der Waals surface area contributed by atoms with Crippen molar-refractivity contribution in [2.45, 2.75) is 59.5 Å². The molecule has 1 heterocycles. The number of guanidine groups is 1. The van der Waals surface area contributed by atoms with Crippen LogP contribution < -0.4 is 15.4 Å². The maximum absolute atomic E-state index is 5.92. The summed E-state index contributed by atoms with van der Waals surface area (Å²) in [7, 11) is 1.83. The number of benzene rings is 1. The van der Waals surface area contributed by atoms with Crippen molar-refractivity contribution in [1.82, 2.24) is 15.5 Å². The Bertz CT molecular complexity index is 606. The Morgan fingerprint density at radius 3 is 2.79 bits per heavy atom. The average molecular weight is 502 g/mol. The third kappa shape index (κ3) is 8.15. The van der Waals surface area contributed by atoms with Crippen molar-refractivity contribution in [3.05, 3.63) is 29.3 Å². The van der Waals surface area contributed by atoms with E-state index in [2.05, 4.69) is 66.4 Å². The number of aliphatic imine (C=N–C) groups is 1. The van der Waals surface area contributed by atoms with Crippen LogP contribution in [0.15, 0.2) is 23.2 Å². The van der Waals surface area contributed by atoms with Crippen molar-refractivity contribution in [2.75, 3.05) is 33.3 Å². The molecule has 0 spiro atoms. The summed E-state index contributed by atoms with van der Waals surface area (Å²) in [6.45, 7) is 13.6. The zero-order chi connectivity index (χ0) is 19.6. The second kappa shape index (κ2) is 13.2. The summed E-state index contributed by atoms with van der Waals surface area (Å²) in [5, 5.41) is 6.96. The molecule has 5 nitrogen and oxygen atoms in total. The van der Waals surface area contributed by atoms with Gasteiger partial charge < -0.3 is 20.3 Å². The predicted molar refractivity (Wildman–Crippen MR) is 130 cm³/mol. The van der Waals surface area contributed by atoms with Crippen LogP contribution in [-0.4, -0.2) is 50.2 Å². The molecule has 2 N–H and O–H groups in total. The number of nitrogens with zero attached hydrogens (tertiary/aromatic N) is 2. The molecule has 1 aromatic rings. The first-order valence-corrected chi connectivity index (χ1v) is 10.4. The number of nitrogens with one attached hydrogen (secondary N) is 2. The van der Waals surface area contributed by atoms with Crippen LogP contribution in [0.25, 0.3) is 0 Å². The van der Waals surface area contributed by atoms with Crippen LogP contribution in [-0.2, 0) is 6.54 Å². The molecule has 0 aromatic heterocycles. The monoisotopic (exact) mass is 502 g/mol. The topological polar surface area (TPSA) is 48.9 Å². The molecule has 1 atom stereocenters. The van der Waals surface area contributed by atoms with Gasteiger partial charge in [-0.1, -0.05) is 19.1 Å². The Hall–Kier alpha value is -1.02. The van der Waals surface area contributed by atoms with Crippen LogP contribution in [0, 0.1) is 12.8 Å². The van der Waals surface area contributed by atoms with Crippen LogP contribution in [0.3, 0.4) is 0 Å². The third-order valence-electron chi connectivity index (χ3n) is 5.19. The molecular weight excluding hydrogens is 463 g/mol. The second-order valence-corrected chi connectivity index (χ2v) is 7.86. The molecule has 2 rings (SSSR count). The number of halogens is 1. The number of ether oxygens (including phenoxy) is 1. The molecule has 1 unspecified atom stereocenters. The van der Waals surface area contributed by atoms with Gasteiger partial charge in [0, 0.05) is 38.3 Å². The van der Waals surface area contributed by atoms with E-state index in [1.54, 1.807) is 0 Å². The Morgan fingerprint density at radius 2 is 2.11 bits per heavy atom. The first-order chi connectivity index (χ1) is 13.0. The number of aryl methyl sites for hydroxylation is 1. The van der Waals surface area contributed by atoms with Gasteiger partial charge in [0.15, 0.2) is 5.96 Å². The van der Waals surface area contributed by atoms with Gasteiger partial charge >= 0.3 is 0 Å². The minimum absolute atomic E-state index is 0. The number of rotatable bonds is 8. The molecule has 0 amide bonds. The van der Waals surface area contributed by atoms with E-state index in [-0.39, 0.29) is 24.0 Å². The van der Waals surface area contributed by atoms with Gasteiger partial charge in [-0.15, -0.1) is 24.0 Å². The molecule has 160 valence electrons. The zero-order valence-corrected chi connectivity index (χ0v) is 20.6. The number of hydrogen-bond acceptors (Lipinski definition) is 3. The van der Waals surface area contributed by atoms with Crippen molar-refractivity contribution in [2.24, 2.45) is 10.9 Å². The van der Waals surface area contributed by atoms with Gasteiger partial charge in [-0.05, 0) is 64.1 Å². The third-order valence-corrected chi connectivity index (χ3v) is 5.19. The first kappa shape index (κ1) is 25.0. The predicted octanol–water partition coefficient (Wildman–Crippen LogP) is 4.19. The molecule has 6 heteroatoms. The Balaban J connectivity index is 0.00000392. The van der Waals surface area contributed by atoms with Gasteiger partial charge in [-0.2, -0.15) is 0 Å². The summed E-state index contributed by atoms with van der Waals surface area (Å²) < 4.78 is 5.92. The highest BCUT2D eigenvalue weighted by Crippen LogP contribution is 2.21. The summed E-state index contributed by atoms with van der Waals surface area (Å²) in [6.07, 6.45) is 3.59. The smallest absolute Gasteiger partial charge is 0.191 e. The highest BCUT2D eigenvalue weighted by Gasteiger charge is 2.21. The van der Waals surface area contributed by atoms with E-state index in [0.29, 0.717) is 18.5 Å². The SMILES string of the molecule is CCCOc1cc(C)ccc1CNC(=NC)NCC1CCCN(C(C)C)C1.I. The number of hydrogen-bond donors (Lipinski definition) is 2. The van der Waals surface area contributed by atoms with Crippen molar-refractivity contribution >= 4 is 29.9 Å². The van der Waals surface area contributed by atoms with Gasteiger partial charge in [0.1, 0.15) is 5.75 Å². The van der Waals surface area contributed by atoms with E-state index < -0.39 is 0 Å². The normalized spacial score (nSPS) is 17.9. The molecular formula is C22H39IN4O. The molecule has 1 aliphatic heterocycles. The molecule has 0 bridgehead atoms. The van der Waals surface area contributed by atoms with E-state index in [0.717, 1.165) is 31.3 Å². The molecule has 1 fully saturated rings. The summed E-state index contributed by atoms with van der Waals surface area (Å²) in [4.78, 5) is 6.97. The van der Waals surface area contributed by atoms with Gasteiger partial charge in [0.05, 0.1) is 6.61 Å². The average Bonchev–Trinajstić information content (AvgIpc) is 2.67. The quantitative estimate of drug-likeness (QED) is 0.318. The molecule has 28 heavy (non-hydrogen) atoms. The minimum Gasteiger partial charge on any atom is -0.493 e. The minimum atomic E-state index is 0. The van der Waals surface area contributed by atoms with Crippen LogP contribution in [0.5, 0.6) is 5.75 Å². The molecule has 0 radical (unpaired) electrons. The lowest BCUT2D eigenvalue weighted by molar-refractivity contribution is 0.141. The first-order valence-electron chi connectivity index (χ1n) is 10.4. The van der Waals surface area contributed by atoms with Crippen molar-refractivity contribution in [3.63, 3.8) is 0 Å². The lowest BCUT2D eigenvalue weighted by Crippen LogP contribution is -2.46. The summed E-state index contributed by atoms with van der Waals surface area (Å²) in [5.74, 6) is 2.51. The summed E-state index contributed by atoms with van der Waals surface area (Å²) in [5.41, 5.74) is 2.39. The van der Waals surface area contributed by atoms with Gasteiger partial charge in [0.25, 0.3) is 0 Å². The maximum atomic E-state index is 5.92. The van der Waals surface area contributed by atoms with E-state index >= 15 is 0 Å². The Morgan fingerprint density at radius 1 is 1.32 bits per heavy atom. The molecule has 0 saturated carbocycles. The van der Waals surface area contributed by atoms with Crippen molar-refractivity contribution in [1.29, 1.82) is 0 Å². The van der Waals surface area contributed by atoms with Gasteiger partial charge in [0.2, 0.25) is 0 Å². The zero-order valence-electron chi connectivity index (χ0n) is 18.3. The standard InChI is InChI=1S/C22H38N4O.HI/c1-6-12-27-21-13-18(4)9-10-20(21)15-25-22(23-5)24-14-19-8-7-11-26(16-19)17(2)3;/h9-10,13,17,19H,6-8,11-12,14-16H2,1-5H3,(H2,23,24,25);1H. The van der Waals surface area contributed by atoms with Crippen LogP contribution in [0.1, 0.15) is 51.2 Å². The largest absolute Gasteiger partial charge is 0.493 e. The summed E-state index contributed by atoms with van der Waals surface area (Å²) in [6, 6.07) is 7.02. The Kier molecular flexibility index (Phi) is 11.8. The lowest BCUT2D eigenvalue weighted by Gasteiger charge is -2.35. The van der Waals surface area contributed by atoms with Crippen molar-refractivity contribution < 1.29 is 4.74 Å². The lowest BCUT2D eigenvalue weighted by atomic mass is 9.97. The fraction of sp³-hybridized carbons (Fsp3) is 0.682. The second-order valence-electron chi connectivity index (χ2n) is 7.86. The van der Waals surface area contributed by atoms with E-state index in [1.807, 2.05) is 7.05 Å². The Labute approximate surface area is 188 Å². The van der Waals surface area contributed by atoms with Crippen molar-refractivity contribution in [3.8, 4) is 5.75 Å². The van der Waals surface area contributed by atoms with Crippen LogP contribution >= 0.6 is 24.0 Å². The summed E-state index contributed by atoms with van der Waals surface area (Å²) >= 11 is 0. The molecule has 1 saturated heterocycles. The maximum Gasteiger partial charge on any atom is 0.191 e. The molecule has 1 aromatic carbocycles. The van der Waals surface area contributed by atoms with Gasteiger partial charge in [-0.25, -0.2) is 0 Å². The molecule has 1 aliphatic rings. The number of likely N-dealkylation sites (tertiary alicyclic amines) is 1. The van der Waals surface area contributed by atoms with E-state index in [1.165, 1.54) is 37.1 Å². The van der Waals surface area contributed by atoms with Crippen LogP contribution in [0.4, 0.5) is 0 Å². The highest BCUT2D eigenvalue weighted by atomic mass is 127. The van der Waals surface area contributed by atoms with E-state index in [9.17, 15) is 0 Å². The number of piperidine rings is 1. The van der Waals surface area contributed by atoms with Gasteiger partial charge in [-0.3, -0.25) is 4.99 Å². The fourth-order valence-corrected chi connectivity index (χ4v) is 3.53.